The van der Waals surface area contributed by atoms with Gasteiger partial charge in [-0.1, -0.05) is 20.8 Å². The van der Waals surface area contributed by atoms with Crippen LogP contribution >= 0.6 is 0 Å². The average molecular weight is 434 g/mol. The van der Waals surface area contributed by atoms with Gasteiger partial charge in [0.1, 0.15) is 5.75 Å². The second kappa shape index (κ2) is 9.43. The summed E-state index contributed by atoms with van der Waals surface area (Å²) < 4.78 is 58.6. The first-order valence-electron chi connectivity index (χ1n) is 9.62. The molecule has 28 heavy (non-hydrogen) atoms. The maximum atomic E-state index is 12.9. The van der Waals surface area contributed by atoms with Gasteiger partial charge in [-0.3, -0.25) is 0 Å². The zero-order chi connectivity index (χ0) is 20.9. The van der Waals surface area contributed by atoms with E-state index < -0.39 is 20.0 Å². The Bertz CT molecular complexity index is 859. The van der Waals surface area contributed by atoms with Crippen LogP contribution in [0.4, 0.5) is 5.69 Å². The quantitative estimate of drug-likeness (QED) is 0.588. The molecule has 1 heterocycles. The van der Waals surface area contributed by atoms with Crippen LogP contribution in [0.3, 0.4) is 0 Å². The van der Waals surface area contributed by atoms with Crippen molar-refractivity contribution < 1.29 is 21.6 Å². The maximum absolute atomic E-state index is 12.9. The molecule has 0 aliphatic carbocycles. The first-order valence-corrected chi connectivity index (χ1v) is 12.7. The van der Waals surface area contributed by atoms with Crippen LogP contribution in [0.5, 0.6) is 5.75 Å². The lowest BCUT2D eigenvalue weighted by Gasteiger charge is -2.36. The Labute approximate surface area is 169 Å². The number of nitrogens with zero attached hydrogens (tertiary/aromatic N) is 3. The summed E-state index contributed by atoms with van der Waals surface area (Å²) in [4.78, 5) is 2.20. The van der Waals surface area contributed by atoms with Crippen LogP contribution in [-0.4, -0.2) is 77.6 Å². The third kappa shape index (κ3) is 4.79. The minimum atomic E-state index is -3.58. The largest absolute Gasteiger partial charge is 0.495 e. The number of sulfonamides is 2. The molecule has 10 heteroatoms. The molecule has 0 unspecified atom stereocenters. The summed E-state index contributed by atoms with van der Waals surface area (Å²) in [6.07, 6.45) is 0.585. The molecule has 0 radical (unpaired) electrons. The Kier molecular flexibility index (Phi) is 7.72. The van der Waals surface area contributed by atoms with Crippen molar-refractivity contribution in [3.8, 4) is 5.75 Å². The van der Waals surface area contributed by atoms with E-state index in [0.717, 1.165) is 0 Å². The molecule has 0 amide bonds. The zero-order valence-electron chi connectivity index (χ0n) is 17.1. The summed E-state index contributed by atoms with van der Waals surface area (Å²) in [5, 5.41) is 0. The Morgan fingerprint density at radius 1 is 1.00 bits per heavy atom. The van der Waals surface area contributed by atoms with Crippen LogP contribution in [-0.2, 0) is 20.0 Å². The number of methoxy groups -OCH3 is 1. The molecule has 1 aromatic rings. The number of ether oxygens (including phenoxy) is 1. The van der Waals surface area contributed by atoms with Gasteiger partial charge >= 0.3 is 0 Å². The normalized spacial score (nSPS) is 16.5. The van der Waals surface area contributed by atoms with Crippen molar-refractivity contribution in [3.63, 3.8) is 0 Å². The van der Waals surface area contributed by atoms with E-state index in [4.69, 9.17) is 4.74 Å². The van der Waals surface area contributed by atoms with E-state index in [9.17, 15) is 16.8 Å². The molecule has 1 aliphatic heterocycles. The number of hydrogen-bond acceptors (Lipinski definition) is 6. The van der Waals surface area contributed by atoms with Crippen LogP contribution in [0.15, 0.2) is 23.1 Å². The molecule has 1 fully saturated rings. The Balaban J connectivity index is 2.29. The van der Waals surface area contributed by atoms with Gasteiger partial charge in [-0.2, -0.15) is 8.61 Å². The topological polar surface area (TPSA) is 87.2 Å². The van der Waals surface area contributed by atoms with Gasteiger partial charge < -0.3 is 9.64 Å². The molecule has 1 aliphatic rings. The van der Waals surface area contributed by atoms with E-state index in [1.807, 2.05) is 11.8 Å². The van der Waals surface area contributed by atoms with E-state index in [0.29, 0.717) is 57.1 Å². The Morgan fingerprint density at radius 2 is 1.61 bits per heavy atom. The molecule has 160 valence electrons. The molecule has 0 saturated carbocycles. The molecular weight excluding hydrogens is 402 g/mol. The highest BCUT2D eigenvalue weighted by molar-refractivity contribution is 7.89. The lowest BCUT2D eigenvalue weighted by molar-refractivity contribution is 0.378. The lowest BCUT2D eigenvalue weighted by Crippen LogP contribution is -2.49. The van der Waals surface area contributed by atoms with Gasteiger partial charge in [-0.05, 0) is 24.6 Å². The second-order valence-electron chi connectivity index (χ2n) is 6.63. The minimum absolute atomic E-state index is 0.147. The van der Waals surface area contributed by atoms with Crippen molar-refractivity contribution in [2.24, 2.45) is 0 Å². The fourth-order valence-electron chi connectivity index (χ4n) is 3.38. The average Bonchev–Trinajstić information content (AvgIpc) is 2.68. The monoisotopic (exact) mass is 433 g/mol. The van der Waals surface area contributed by atoms with Gasteiger partial charge in [0.2, 0.25) is 20.0 Å². The fraction of sp³-hybridized carbons (Fsp3) is 0.667. The first kappa shape index (κ1) is 22.9. The molecule has 2 rings (SSSR count). The molecule has 1 aromatic carbocycles. The summed E-state index contributed by atoms with van der Waals surface area (Å²) in [5.41, 5.74) is 0.670. The minimum Gasteiger partial charge on any atom is -0.495 e. The number of anilines is 1. The predicted octanol–water partition coefficient (Wildman–Crippen LogP) is 1.59. The Morgan fingerprint density at radius 3 is 2.11 bits per heavy atom. The van der Waals surface area contributed by atoms with Crippen molar-refractivity contribution in [2.75, 3.05) is 57.0 Å². The highest BCUT2D eigenvalue weighted by atomic mass is 32.2. The van der Waals surface area contributed by atoms with Crippen LogP contribution in [0.25, 0.3) is 0 Å². The van der Waals surface area contributed by atoms with Crippen LogP contribution in [0.2, 0.25) is 0 Å². The van der Waals surface area contributed by atoms with E-state index in [2.05, 4.69) is 0 Å². The van der Waals surface area contributed by atoms with Crippen molar-refractivity contribution in [3.05, 3.63) is 18.2 Å². The highest BCUT2D eigenvalue weighted by Gasteiger charge is 2.29. The zero-order valence-corrected chi connectivity index (χ0v) is 18.7. The summed E-state index contributed by atoms with van der Waals surface area (Å²) in [6.45, 7) is 7.96. The smallest absolute Gasteiger partial charge is 0.243 e. The van der Waals surface area contributed by atoms with Gasteiger partial charge in [0, 0.05) is 39.3 Å². The van der Waals surface area contributed by atoms with Crippen molar-refractivity contribution in [1.29, 1.82) is 0 Å². The molecule has 0 spiro atoms. The van der Waals surface area contributed by atoms with Gasteiger partial charge in [0.05, 0.1) is 23.4 Å². The summed E-state index contributed by atoms with van der Waals surface area (Å²) >= 11 is 0. The van der Waals surface area contributed by atoms with Crippen molar-refractivity contribution in [1.82, 2.24) is 8.61 Å². The van der Waals surface area contributed by atoms with Gasteiger partial charge in [-0.15, -0.1) is 0 Å². The van der Waals surface area contributed by atoms with Gasteiger partial charge in [-0.25, -0.2) is 16.8 Å². The van der Waals surface area contributed by atoms with Crippen LogP contribution in [0, 0.1) is 0 Å². The SMILES string of the molecule is CCCS(=O)(=O)N1CCN(c2cc(S(=O)(=O)N(CC)CC)ccc2OC)CC1. The molecule has 0 N–H and O–H groups in total. The van der Waals surface area contributed by atoms with Crippen LogP contribution in [0.1, 0.15) is 27.2 Å². The summed E-state index contributed by atoms with van der Waals surface area (Å²) in [7, 11) is -5.27. The summed E-state index contributed by atoms with van der Waals surface area (Å²) in [6, 6.07) is 4.84. The van der Waals surface area contributed by atoms with E-state index in [1.54, 1.807) is 39.2 Å². The standard InChI is InChI=1S/C18H31N3O5S2/c1-5-14-27(22,23)21-12-10-19(11-13-21)17-15-16(8-9-18(17)26-4)28(24,25)20(6-2)7-3/h8-9,15H,5-7,10-14H2,1-4H3. The molecule has 0 aromatic heterocycles. The number of rotatable bonds is 9. The number of hydrogen-bond donors (Lipinski definition) is 0. The third-order valence-corrected chi connectivity index (χ3v) is 9.05. The Hall–Kier alpha value is -1.36. The predicted molar refractivity (Wildman–Crippen MR) is 111 cm³/mol. The maximum Gasteiger partial charge on any atom is 0.243 e. The van der Waals surface area contributed by atoms with Crippen molar-refractivity contribution in [2.45, 2.75) is 32.1 Å². The number of benzene rings is 1. The van der Waals surface area contributed by atoms with E-state index in [-0.39, 0.29) is 10.6 Å². The molecule has 0 atom stereocenters. The molecule has 1 saturated heterocycles. The van der Waals surface area contributed by atoms with Crippen LogP contribution < -0.4 is 9.64 Å². The molecule has 0 bridgehead atoms. The van der Waals surface area contributed by atoms with Crippen molar-refractivity contribution >= 4 is 25.7 Å². The highest BCUT2D eigenvalue weighted by Crippen LogP contribution is 2.33. The third-order valence-electron chi connectivity index (χ3n) is 4.93. The van der Waals surface area contributed by atoms with E-state index in [1.165, 1.54) is 8.61 Å². The lowest BCUT2D eigenvalue weighted by atomic mass is 10.2. The first-order chi connectivity index (χ1) is 13.2. The van der Waals surface area contributed by atoms with Gasteiger partial charge in [0.15, 0.2) is 0 Å². The fourth-order valence-corrected chi connectivity index (χ4v) is 6.36. The number of piperazine rings is 1. The van der Waals surface area contributed by atoms with Gasteiger partial charge in [0.25, 0.3) is 0 Å². The molecular formula is C18H31N3O5S2. The van der Waals surface area contributed by atoms with E-state index >= 15 is 0 Å². The molecule has 8 nitrogen and oxygen atoms in total. The summed E-state index contributed by atoms with van der Waals surface area (Å²) in [5.74, 6) is 0.719. The second-order valence-corrected chi connectivity index (χ2v) is 10.7.